The Bertz CT molecular complexity index is 765. The average molecular weight is 278 g/mol. The topological polar surface area (TPSA) is 52.0 Å². The van der Waals surface area contributed by atoms with Crippen LogP contribution in [-0.2, 0) is 0 Å². The molecule has 1 heterocycles. The van der Waals surface area contributed by atoms with E-state index in [2.05, 4.69) is 62.3 Å². The molecule has 0 saturated carbocycles. The van der Waals surface area contributed by atoms with Gasteiger partial charge in [0.15, 0.2) is 0 Å². The fourth-order valence-electron chi connectivity index (χ4n) is 2.66. The Labute approximate surface area is 124 Å². The van der Waals surface area contributed by atoms with Crippen LogP contribution in [0.3, 0.4) is 0 Å². The van der Waals surface area contributed by atoms with Crippen molar-refractivity contribution in [3.63, 3.8) is 0 Å². The molecule has 3 rings (SSSR count). The molecule has 0 aliphatic carbocycles. The quantitative estimate of drug-likeness (QED) is 0.750. The van der Waals surface area contributed by atoms with Crippen molar-refractivity contribution in [1.29, 1.82) is 0 Å². The van der Waals surface area contributed by atoms with Crippen molar-refractivity contribution in [1.82, 2.24) is 5.16 Å². The van der Waals surface area contributed by atoms with Gasteiger partial charge in [0.25, 0.3) is 0 Å². The number of hydrogen-bond acceptors (Lipinski definition) is 3. The normalized spacial score (nSPS) is 10.8. The Hall–Kier alpha value is -2.55. The van der Waals surface area contributed by atoms with Gasteiger partial charge in [-0.1, -0.05) is 53.2 Å². The molecule has 0 radical (unpaired) electrons. The Kier molecular flexibility index (Phi) is 3.26. The number of hydrogen-bond donors (Lipinski definition) is 1. The summed E-state index contributed by atoms with van der Waals surface area (Å²) in [5.41, 5.74) is 13.4. The minimum absolute atomic E-state index is 0.358. The van der Waals surface area contributed by atoms with Crippen molar-refractivity contribution in [3.8, 4) is 22.4 Å². The van der Waals surface area contributed by atoms with Gasteiger partial charge in [0.2, 0.25) is 5.88 Å². The minimum Gasteiger partial charge on any atom is -0.367 e. The molecule has 0 amide bonds. The van der Waals surface area contributed by atoms with E-state index < -0.39 is 0 Å². The molecule has 0 aliphatic rings. The SMILES string of the molecule is Cc1ccc(-c2c(-c3c(C)cccc3C)noc2N)cc1. The Morgan fingerprint density at radius 1 is 0.857 bits per heavy atom. The van der Waals surface area contributed by atoms with Gasteiger partial charge in [-0.3, -0.25) is 0 Å². The second kappa shape index (κ2) is 5.09. The highest BCUT2D eigenvalue weighted by Crippen LogP contribution is 2.38. The monoisotopic (exact) mass is 278 g/mol. The fourth-order valence-corrected chi connectivity index (χ4v) is 2.66. The second-order valence-corrected chi connectivity index (χ2v) is 5.40. The molecule has 0 bridgehead atoms. The first-order chi connectivity index (χ1) is 10.1. The van der Waals surface area contributed by atoms with Crippen LogP contribution in [0.1, 0.15) is 16.7 Å². The number of nitrogen functional groups attached to an aromatic ring is 1. The number of nitrogens with zero attached hydrogens (tertiary/aromatic N) is 1. The molecule has 0 aliphatic heterocycles. The summed E-state index contributed by atoms with van der Waals surface area (Å²) < 4.78 is 5.27. The third-order valence-electron chi connectivity index (χ3n) is 3.78. The summed E-state index contributed by atoms with van der Waals surface area (Å²) in [6.07, 6.45) is 0. The molecule has 2 aromatic carbocycles. The van der Waals surface area contributed by atoms with Gasteiger partial charge in [-0.15, -0.1) is 0 Å². The summed E-state index contributed by atoms with van der Waals surface area (Å²) >= 11 is 0. The molecular formula is C18H18N2O. The molecular weight excluding hydrogens is 260 g/mol. The van der Waals surface area contributed by atoms with E-state index in [-0.39, 0.29) is 0 Å². The summed E-state index contributed by atoms with van der Waals surface area (Å²) in [7, 11) is 0. The first-order valence-electron chi connectivity index (χ1n) is 6.96. The van der Waals surface area contributed by atoms with Crippen LogP contribution >= 0.6 is 0 Å². The van der Waals surface area contributed by atoms with Crippen molar-refractivity contribution in [2.45, 2.75) is 20.8 Å². The van der Waals surface area contributed by atoms with E-state index in [1.807, 2.05) is 6.07 Å². The van der Waals surface area contributed by atoms with Crippen LogP contribution in [0.5, 0.6) is 0 Å². The average Bonchev–Trinajstić information content (AvgIpc) is 2.82. The van der Waals surface area contributed by atoms with Crippen LogP contribution in [0.2, 0.25) is 0 Å². The van der Waals surface area contributed by atoms with Gasteiger partial charge in [0.1, 0.15) is 5.69 Å². The molecule has 1 aromatic heterocycles. The van der Waals surface area contributed by atoms with E-state index in [4.69, 9.17) is 10.3 Å². The lowest BCUT2D eigenvalue weighted by Gasteiger charge is -2.09. The Morgan fingerprint density at radius 3 is 2.10 bits per heavy atom. The third kappa shape index (κ3) is 2.31. The van der Waals surface area contributed by atoms with Crippen LogP contribution in [0.25, 0.3) is 22.4 Å². The molecule has 3 aromatic rings. The van der Waals surface area contributed by atoms with E-state index in [9.17, 15) is 0 Å². The van der Waals surface area contributed by atoms with Crippen molar-refractivity contribution >= 4 is 5.88 Å². The van der Waals surface area contributed by atoms with Crippen molar-refractivity contribution in [3.05, 3.63) is 59.2 Å². The number of rotatable bonds is 2. The molecule has 0 saturated heterocycles. The lowest BCUT2D eigenvalue weighted by atomic mass is 9.94. The predicted molar refractivity (Wildman–Crippen MR) is 86.0 cm³/mol. The summed E-state index contributed by atoms with van der Waals surface area (Å²) in [5, 5.41) is 4.21. The number of anilines is 1. The molecule has 0 atom stereocenters. The van der Waals surface area contributed by atoms with E-state index in [1.54, 1.807) is 0 Å². The molecule has 21 heavy (non-hydrogen) atoms. The van der Waals surface area contributed by atoms with E-state index >= 15 is 0 Å². The predicted octanol–water partition coefficient (Wildman–Crippen LogP) is 4.52. The van der Waals surface area contributed by atoms with Gasteiger partial charge >= 0.3 is 0 Å². The second-order valence-electron chi connectivity index (χ2n) is 5.40. The van der Waals surface area contributed by atoms with Gasteiger partial charge in [-0.2, -0.15) is 0 Å². The summed E-state index contributed by atoms with van der Waals surface area (Å²) in [6, 6.07) is 14.4. The highest BCUT2D eigenvalue weighted by molar-refractivity contribution is 5.88. The van der Waals surface area contributed by atoms with Gasteiger partial charge < -0.3 is 10.3 Å². The Balaban J connectivity index is 2.24. The number of aromatic nitrogens is 1. The van der Waals surface area contributed by atoms with Crippen LogP contribution in [0, 0.1) is 20.8 Å². The van der Waals surface area contributed by atoms with Crippen LogP contribution < -0.4 is 5.73 Å². The fraction of sp³-hybridized carbons (Fsp3) is 0.167. The molecule has 3 nitrogen and oxygen atoms in total. The zero-order chi connectivity index (χ0) is 15.0. The van der Waals surface area contributed by atoms with Gasteiger partial charge in [0, 0.05) is 5.56 Å². The van der Waals surface area contributed by atoms with Crippen molar-refractivity contribution < 1.29 is 4.52 Å². The lowest BCUT2D eigenvalue weighted by molar-refractivity contribution is 0.439. The van der Waals surface area contributed by atoms with Crippen LogP contribution in [-0.4, -0.2) is 5.16 Å². The van der Waals surface area contributed by atoms with Gasteiger partial charge in [-0.25, -0.2) is 0 Å². The Morgan fingerprint density at radius 2 is 1.48 bits per heavy atom. The first-order valence-corrected chi connectivity index (χ1v) is 6.96. The maximum Gasteiger partial charge on any atom is 0.230 e. The van der Waals surface area contributed by atoms with Crippen molar-refractivity contribution in [2.24, 2.45) is 0 Å². The molecule has 0 fully saturated rings. The third-order valence-corrected chi connectivity index (χ3v) is 3.78. The molecule has 0 unspecified atom stereocenters. The first kappa shape index (κ1) is 13.4. The molecule has 0 spiro atoms. The van der Waals surface area contributed by atoms with Gasteiger partial charge in [0.05, 0.1) is 5.56 Å². The van der Waals surface area contributed by atoms with Crippen molar-refractivity contribution in [2.75, 3.05) is 5.73 Å². The van der Waals surface area contributed by atoms with Gasteiger partial charge in [-0.05, 0) is 37.5 Å². The summed E-state index contributed by atoms with van der Waals surface area (Å²) in [6.45, 7) is 6.21. The van der Waals surface area contributed by atoms with E-state index in [0.29, 0.717) is 5.88 Å². The summed E-state index contributed by atoms with van der Waals surface area (Å²) in [5.74, 6) is 0.358. The van der Waals surface area contributed by atoms with E-state index in [1.165, 1.54) is 5.56 Å². The maximum atomic E-state index is 6.02. The molecule has 3 heteroatoms. The van der Waals surface area contributed by atoms with Crippen LogP contribution in [0.15, 0.2) is 47.0 Å². The van der Waals surface area contributed by atoms with Crippen LogP contribution in [0.4, 0.5) is 5.88 Å². The molecule has 106 valence electrons. The largest absolute Gasteiger partial charge is 0.367 e. The summed E-state index contributed by atoms with van der Waals surface area (Å²) in [4.78, 5) is 0. The zero-order valence-corrected chi connectivity index (χ0v) is 12.5. The maximum absolute atomic E-state index is 6.02. The lowest BCUT2D eigenvalue weighted by Crippen LogP contribution is -1.92. The number of aryl methyl sites for hydroxylation is 3. The highest BCUT2D eigenvalue weighted by Gasteiger charge is 2.19. The molecule has 2 N–H and O–H groups in total. The minimum atomic E-state index is 0.358. The smallest absolute Gasteiger partial charge is 0.230 e. The number of benzene rings is 2. The number of nitrogens with two attached hydrogens (primary N) is 1. The zero-order valence-electron chi connectivity index (χ0n) is 12.5. The van der Waals surface area contributed by atoms with E-state index in [0.717, 1.165) is 33.5 Å². The standard InChI is InChI=1S/C18H18N2O/c1-11-7-9-14(10-8-11)16-17(20-21-18(16)19)15-12(2)5-4-6-13(15)3/h4-10H,19H2,1-3H3. The highest BCUT2D eigenvalue weighted by atomic mass is 16.5.